The Morgan fingerprint density at radius 3 is 2.00 bits per heavy atom. The van der Waals surface area contributed by atoms with Crippen LogP contribution in [0.1, 0.15) is 73.1 Å². The highest BCUT2D eigenvalue weighted by molar-refractivity contribution is 4.77. The summed E-state index contributed by atoms with van der Waals surface area (Å²) in [6, 6.07) is 0.728. The lowest BCUT2D eigenvalue weighted by Crippen LogP contribution is -2.43. The van der Waals surface area contributed by atoms with Crippen LogP contribution < -0.4 is 5.32 Å². The van der Waals surface area contributed by atoms with E-state index in [0.717, 1.165) is 6.04 Å². The van der Waals surface area contributed by atoms with Crippen LogP contribution in [0.3, 0.4) is 0 Å². The Bertz CT molecular complexity index is 124. The Balaban J connectivity index is 3.77. The van der Waals surface area contributed by atoms with Crippen molar-refractivity contribution in [3.63, 3.8) is 0 Å². The Morgan fingerprint density at radius 1 is 0.929 bits per heavy atom. The Labute approximate surface area is 90.7 Å². The number of rotatable bonds is 7. The van der Waals surface area contributed by atoms with Gasteiger partial charge in [0.15, 0.2) is 0 Å². The SMILES string of the molecule is CCCCCC(CCC)NC(C)(C)C. The molecule has 0 aromatic heterocycles. The third-order valence-corrected chi connectivity index (χ3v) is 2.43. The van der Waals surface area contributed by atoms with Gasteiger partial charge in [0.25, 0.3) is 0 Å². The van der Waals surface area contributed by atoms with Gasteiger partial charge in [0.1, 0.15) is 0 Å². The third-order valence-electron chi connectivity index (χ3n) is 2.43. The van der Waals surface area contributed by atoms with E-state index in [2.05, 4.69) is 39.9 Å². The van der Waals surface area contributed by atoms with E-state index in [1.807, 2.05) is 0 Å². The van der Waals surface area contributed by atoms with Crippen molar-refractivity contribution in [2.75, 3.05) is 0 Å². The Morgan fingerprint density at radius 2 is 1.57 bits per heavy atom. The molecule has 1 nitrogen and oxygen atoms in total. The fraction of sp³-hybridized carbons (Fsp3) is 1.00. The first kappa shape index (κ1) is 14.0. The van der Waals surface area contributed by atoms with Crippen LogP contribution in [0.15, 0.2) is 0 Å². The van der Waals surface area contributed by atoms with Gasteiger partial charge in [-0.05, 0) is 33.6 Å². The van der Waals surface area contributed by atoms with Crippen molar-refractivity contribution in [2.24, 2.45) is 0 Å². The molecule has 1 heteroatoms. The van der Waals surface area contributed by atoms with Gasteiger partial charge < -0.3 is 5.32 Å². The number of nitrogens with one attached hydrogen (secondary N) is 1. The van der Waals surface area contributed by atoms with Crippen molar-refractivity contribution < 1.29 is 0 Å². The minimum atomic E-state index is 0.270. The molecule has 86 valence electrons. The second-order valence-corrected chi connectivity index (χ2v) is 5.38. The monoisotopic (exact) mass is 199 g/mol. The number of hydrogen-bond acceptors (Lipinski definition) is 1. The molecule has 0 radical (unpaired) electrons. The first-order valence-electron chi connectivity index (χ1n) is 6.27. The van der Waals surface area contributed by atoms with E-state index < -0.39 is 0 Å². The molecule has 0 fully saturated rings. The highest BCUT2D eigenvalue weighted by atomic mass is 15.0. The molecule has 0 saturated carbocycles. The second-order valence-electron chi connectivity index (χ2n) is 5.38. The summed E-state index contributed by atoms with van der Waals surface area (Å²) in [7, 11) is 0. The molecule has 0 aromatic rings. The van der Waals surface area contributed by atoms with Crippen LogP contribution in [0, 0.1) is 0 Å². The lowest BCUT2D eigenvalue weighted by Gasteiger charge is -2.28. The Kier molecular flexibility index (Phi) is 7.26. The van der Waals surface area contributed by atoms with Crippen molar-refractivity contribution in [2.45, 2.75) is 84.7 Å². The van der Waals surface area contributed by atoms with Crippen molar-refractivity contribution >= 4 is 0 Å². The van der Waals surface area contributed by atoms with Crippen LogP contribution in [0.2, 0.25) is 0 Å². The van der Waals surface area contributed by atoms with E-state index in [4.69, 9.17) is 0 Å². The second kappa shape index (κ2) is 7.28. The van der Waals surface area contributed by atoms with Crippen molar-refractivity contribution in [1.82, 2.24) is 5.32 Å². The van der Waals surface area contributed by atoms with E-state index in [9.17, 15) is 0 Å². The van der Waals surface area contributed by atoms with E-state index in [0.29, 0.717) is 0 Å². The predicted octanol–water partition coefficient (Wildman–Crippen LogP) is 4.12. The summed E-state index contributed by atoms with van der Waals surface area (Å²) in [5.41, 5.74) is 0.270. The topological polar surface area (TPSA) is 12.0 Å². The summed E-state index contributed by atoms with van der Waals surface area (Å²) in [6.07, 6.45) is 8.05. The average Bonchev–Trinajstić information content (AvgIpc) is 2.02. The van der Waals surface area contributed by atoms with Crippen LogP contribution in [-0.2, 0) is 0 Å². The molecule has 0 aliphatic rings. The molecule has 0 saturated heterocycles. The zero-order chi connectivity index (χ0) is 11.0. The van der Waals surface area contributed by atoms with Crippen molar-refractivity contribution in [3.05, 3.63) is 0 Å². The number of unbranched alkanes of at least 4 members (excludes halogenated alkanes) is 2. The van der Waals surface area contributed by atoms with Crippen LogP contribution in [0.5, 0.6) is 0 Å². The maximum absolute atomic E-state index is 3.72. The minimum absolute atomic E-state index is 0.270. The van der Waals surface area contributed by atoms with Crippen molar-refractivity contribution in [3.8, 4) is 0 Å². The fourth-order valence-corrected chi connectivity index (χ4v) is 1.89. The zero-order valence-electron chi connectivity index (χ0n) is 10.8. The molecule has 0 spiro atoms. The van der Waals surface area contributed by atoms with Crippen LogP contribution in [-0.4, -0.2) is 11.6 Å². The average molecular weight is 199 g/mol. The van der Waals surface area contributed by atoms with Gasteiger partial charge in [-0.15, -0.1) is 0 Å². The molecule has 0 aromatic carbocycles. The third kappa shape index (κ3) is 8.55. The first-order chi connectivity index (χ1) is 6.49. The molecule has 0 amide bonds. The summed E-state index contributed by atoms with van der Waals surface area (Å²) in [4.78, 5) is 0. The highest BCUT2D eigenvalue weighted by Gasteiger charge is 2.15. The zero-order valence-corrected chi connectivity index (χ0v) is 10.8. The molecular formula is C13H29N. The van der Waals surface area contributed by atoms with Gasteiger partial charge in [0.05, 0.1) is 0 Å². The van der Waals surface area contributed by atoms with Gasteiger partial charge in [-0.2, -0.15) is 0 Å². The van der Waals surface area contributed by atoms with Crippen LogP contribution >= 0.6 is 0 Å². The van der Waals surface area contributed by atoms with E-state index in [1.54, 1.807) is 0 Å². The van der Waals surface area contributed by atoms with E-state index in [-0.39, 0.29) is 5.54 Å². The van der Waals surface area contributed by atoms with Gasteiger partial charge >= 0.3 is 0 Å². The van der Waals surface area contributed by atoms with E-state index in [1.165, 1.54) is 38.5 Å². The smallest absolute Gasteiger partial charge is 0.00990 e. The standard InChI is InChI=1S/C13H29N/c1-6-8-9-11-12(10-7-2)14-13(3,4)5/h12,14H,6-11H2,1-5H3. The lowest BCUT2D eigenvalue weighted by atomic mass is 10.00. The van der Waals surface area contributed by atoms with Crippen LogP contribution in [0.4, 0.5) is 0 Å². The van der Waals surface area contributed by atoms with Gasteiger partial charge in [0, 0.05) is 11.6 Å². The molecule has 0 aliphatic carbocycles. The normalized spacial score (nSPS) is 14.4. The van der Waals surface area contributed by atoms with Gasteiger partial charge in [-0.1, -0.05) is 39.5 Å². The van der Waals surface area contributed by atoms with Crippen LogP contribution in [0.25, 0.3) is 0 Å². The Hall–Kier alpha value is -0.0400. The van der Waals surface area contributed by atoms with E-state index >= 15 is 0 Å². The fourth-order valence-electron chi connectivity index (χ4n) is 1.89. The quantitative estimate of drug-likeness (QED) is 0.608. The summed E-state index contributed by atoms with van der Waals surface area (Å²) < 4.78 is 0. The summed E-state index contributed by atoms with van der Waals surface area (Å²) in [6.45, 7) is 11.3. The summed E-state index contributed by atoms with van der Waals surface area (Å²) >= 11 is 0. The molecular weight excluding hydrogens is 170 g/mol. The first-order valence-corrected chi connectivity index (χ1v) is 6.27. The maximum atomic E-state index is 3.72. The molecule has 0 heterocycles. The molecule has 14 heavy (non-hydrogen) atoms. The molecule has 0 rings (SSSR count). The van der Waals surface area contributed by atoms with Gasteiger partial charge in [0.2, 0.25) is 0 Å². The molecule has 1 unspecified atom stereocenters. The van der Waals surface area contributed by atoms with Crippen molar-refractivity contribution in [1.29, 1.82) is 0 Å². The summed E-state index contributed by atoms with van der Waals surface area (Å²) in [5.74, 6) is 0. The van der Waals surface area contributed by atoms with Gasteiger partial charge in [-0.25, -0.2) is 0 Å². The lowest BCUT2D eigenvalue weighted by molar-refractivity contribution is 0.324. The minimum Gasteiger partial charge on any atom is -0.309 e. The molecule has 1 N–H and O–H groups in total. The predicted molar refractivity (Wildman–Crippen MR) is 65.7 cm³/mol. The highest BCUT2D eigenvalue weighted by Crippen LogP contribution is 2.12. The van der Waals surface area contributed by atoms with Gasteiger partial charge in [-0.3, -0.25) is 0 Å². The molecule has 0 bridgehead atoms. The maximum Gasteiger partial charge on any atom is 0.00990 e. The number of hydrogen-bond donors (Lipinski definition) is 1. The molecule has 1 atom stereocenters. The molecule has 0 aliphatic heterocycles. The summed E-state index contributed by atoms with van der Waals surface area (Å²) in [5, 5.41) is 3.72. The largest absolute Gasteiger partial charge is 0.309 e.